The molecule has 1 rings (SSSR count). The van der Waals surface area contributed by atoms with Crippen molar-refractivity contribution in [3.05, 3.63) is 10.0 Å². The van der Waals surface area contributed by atoms with Gasteiger partial charge in [0.1, 0.15) is 0 Å². The zero-order valence-electron chi connectivity index (χ0n) is 10.1. The Morgan fingerprint density at radius 1 is 1.61 bits per heavy atom. The summed E-state index contributed by atoms with van der Waals surface area (Å²) in [6.07, 6.45) is 0.512. The van der Waals surface area contributed by atoms with Gasteiger partial charge in [0.2, 0.25) is 0 Å². The number of aliphatic hydroxyl groups excluding tert-OH is 1. The molecule has 102 valence electrons. The van der Waals surface area contributed by atoms with E-state index in [0.29, 0.717) is 18.2 Å². The first-order chi connectivity index (χ1) is 8.62. The first-order valence-corrected chi connectivity index (χ1v) is 6.42. The topological polar surface area (TPSA) is 80.7 Å². The van der Waals surface area contributed by atoms with Crippen LogP contribution in [0.25, 0.3) is 0 Å². The molecule has 0 aliphatic carbocycles. The van der Waals surface area contributed by atoms with E-state index in [-0.39, 0.29) is 22.7 Å². The normalized spacial score (nSPS) is 12.2. The van der Waals surface area contributed by atoms with Crippen molar-refractivity contribution in [3.63, 3.8) is 0 Å². The fraction of sp³-hybridized carbons (Fsp3) is 0.600. The first-order valence-electron chi connectivity index (χ1n) is 5.23. The Morgan fingerprint density at radius 2 is 2.33 bits per heavy atom. The fourth-order valence-electron chi connectivity index (χ4n) is 1.31. The summed E-state index contributed by atoms with van der Waals surface area (Å²) in [4.78, 5) is 15.6. The molecule has 1 unspecified atom stereocenters. The van der Waals surface area contributed by atoms with E-state index in [4.69, 9.17) is 21.4 Å². The predicted molar refractivity (Wildman–Crippen MR) is 69.5 cm³/mol. The summed E-state index contributed by atoms with van der Waals surface area (Å²) in [6.45, 7) is 0.454. The van der Waals surface area contributed by atoms with Crippen molar-refractivity contribution in [2.45, 2.75) is 12.5 Å². The second-order valence-electron chi connectivity index (χ2n) is 3.44. The molecule has 8 heteroatoms. The summed E-state index contributed by atoms with van der Waals surface area (Å²) in [5, 5.41) is 12.6. The lowest BCUT2D eigenvalue weighted by Crippen LogP contribution is -2.25. The van der Waals surface area contributed by atoms with Crippen molar-refractivity contribution in [3.8, 4) is 0 Å². The molecule has 6 nitrogen and oxygen atoms in total. The molecule has 0 amide bonds. The van der Waals surface area contributed by atoms with Crippen molar-refractivity contribution in [1.29, 1.82) is 0 Å². The molecule has 0 saturated heterocycles. The minimum atomic E-state index is -0.518. The minimum Gasteiger partial charge on any atom is -0.465 e. The largest absolute Gasteiger partial charge is 0.465 e. The highest BCUT2D eigenvalue weighted by atomic mass is 35.5. The van der Waals surface area contributed by atoms with Crippen LogP contribution in [0.5, 0.6) is 0 Å². The molecule has 0 saturated carbocycles. The van der Waals surface area contributed by atoms with E-state index < -0.39 is 5.97 Å². The van der Waals surface area contributed by atoms with Crippen LogP contribution in [-0.2, 0) is 9.47 Å². The number of hydrogen-bond acceptors (Lipinski definition) is 7. The summed E-state index contributed by atoms with van der Waals surface area (Å²) in [7, 11) is 2.85. The number of methoxy groups -OCH3 is 2. The smallest absolute Gasteiger partial charge is 0.351 e. The van der Waals surface area contributed by atoms with E-state index in [0.717, 1.165) is 11.3 Å². The van der Waals surface area contributed by atoms with Gasteiger partial charge in [-0.15, -0.1) is 0 Å². The maximum absolute atomic E-state index is 11.4. The summed E-state index contributed by atoms with van der Waals surface area (Å²) in [6, 6.07) is -0.0901. The lowest BCUT2D eigenvalue weighted by atomic mass is 10.2. The van der Waals surface area contributed by atoms with E-state index >= 15 is 0 Å². The molecule has 0 fully saturated rings. The van der Waals surface area contributed by atoms with Gasteiger partial charge in [0.15, 0.2) is 15.2 Å². The Labute approximate surface area is 114 Å². The SMILES string of the molecule is COCC(CCO)Nc1nc(Cl)c(C(=O)OC)s1. The van der Waals surface area contributed by atoms with E-state index in [1.54, 1.807) is 7.11 Å². The maximum Gasteiger partial charge on any atom is 0.351 e. The van der Waals surface area contributed by atoms with Gasteiger partial charge in [-0.25, -0.2) is 9.78 Å². The number of carbonyl (C=O) groups excluding carboxylic acids is 1. The molecule has 1 aromatic rings. The van der Waals surface area contributed by atoms with E-state index in [9.17, 15) is 4.79 Å². The number of anilines is 1. The molecule has 1 atom stereocenters. The molecule has 0 aliphatic heterocycles. The molecule has 0 aromatic carbocycles. The van der Waals surface area contributed by atoms with Crippen molar-refractivity contribution >= 4 is 34.0 Å². The summed E-state index contributed by atoms with van der Waals surface area (Å²) in [5.41, 5.74) is 0. The number of aromatic nitrogens is 1. The fourth-order valence-corrected chi connectivity index (χ4v) is 2.49. The summed E-state index contributed by atoms with van der Waals surface area (Å²) >= 11 is 6.94. The van der Waals surface area contributed by atoms with Crippen molar-refractivity contribution in [1.82, 2.24) is 4.98 Å². The highest BCUT2D eigenvalue weighted by Crippen LogP contribution is 2.28. The van der Waals surface area contributed by atoms with Crippen LogP contribution in [0.4, 0.5) is 5.13 Å². The molecule has 1 aromatic heterocycles. The minimum absolute atomic E-state index is 0.0317. The van der Waals surface area contributed by atoms with Crippen molar-refractivity contribution in [2.75, 3.05) is 32.8 Å². The Hall–Kier alpha value is -0.890. The maximum atomic E-state index is 11.4. The van der Waals surface area contributed by atoms with Gasteiger partial charge in [-0.2, -0.15) is 0 Å². The second kappa shape index (κ2) is 7.52. The van der Waals surface area contributed by atoms with Crippen LogP contribution in [-0.4, -0.2) is 49.5 Å². The molecule has 0 spiro atoms. The van der Waals surface area contributed by atoms with Crippen LogP contribution >= 0.6 is 22.9 Å². The van der Waals surface area contributed by atoms with Gasteiger partial charge in [-0.05, 0) is 6.42 Å². The molecule has 0 bridgehead atoms. The first kappa shape index (κ1) is 15.2. The van der Waals surface area contributed by atoms with Gasteiger partial charge in [0, 0.05) is 13.7 Å². The number of nitrogens with one attached hydrogen (secondary N) is 1. The summed E-state index contributed by atoms with van der Waals surface area (Å²) < 4.78 is 9.60. The van der Waals surface area contributed by atoms with Gasteiger partial charge >= 0.3 is 5.97 Å². The molecular formula is C10H15ClN2O4S. The standard InChI is InChI=1S/C10H15ClN2O4S/c1-16-5-6(3-4-14)12-10-13-8(11)7(18-10)9(15)17-2/h6,14H,3-5H2,1-2H3,(H,12,13). The Morgan fingerprint density at radius 3 is 2.89 bits per heavy atom. The third kappa shape index (κ3) is 4.09. The number of thiazole rings is 1. The van der Waals surface area contributed by atoms with Crippen LogP contribution in [0.2, 0.25) is 5.15 Å². The quantitative estimate of drug-likeness (QED) is 0.740. The molecule has 2 N–H and O–H groups in total. The highest BCUT2D eigenvalue weighted by Gasteiger charge is 2.19. The zero-order valence-corrected chi connectivity index (χ0v) is 11.7. The molecule has 0 radical (unpaired) electrons. The number of nitrogens with zero attached hydrogens (tertiary/aromatic N) is 1. The third-order valence-electron chi connectivity index (χ3n) is 2.13. The van der Waals surface area contributed by atoms with Crippen molar-refractivity contribution in [2.24, 2.45) is 0 Å². The van der Waals surface area contributed by atoms with Crippen molar-refractivity contribution < 1.29 is 19.4 Å². The van der Waals surface area contributed by atoms with E-state index in [1.807, 2.05) is 0 Å². The predicted octanol–water partition coefficient (Wildman–Crippen LogP) is 1.39. The van der Waals surface area contributed by atoms with Crippen LogP contribution in [0.1, 0.15) is 16.1 Å². The molecular weight excluding hydrogens is 280 g/mol. The van der Waals surface area contributed by atoms with Crippen LogP contribution in [0, 0.1) is 0 Å². The van der Waals surface area contributed by atoms with E-state index in [1.165, 1.54) is 7.11 Å². The molecule has 1 heterocycles. The van der Waals surface area contributed by atoms with Gasteiger partial charge in [-0.1, -0.05) is 22.9 Å². The number of esters is 1. The number of aliphatic hydroxyl groups is 1. The molecule has 18 heavy (non-hydrogen) atoms. The van der Waals surface area contributed by atoms with Crippen LogP contribution < -0.4 is 5.32 Å². The zero-order chi connectivity index (χ0) is 13.5. The summed E-state index contributed by atoms with van der Waals surface area (Å²) in [5.74, 6) is -0.518. The highest BCUT2D eigenvalue weighted by molar-refractivity contribution is 7.18. The number of hydrogen-bond donors (Lipinski definition) is 2. The van der Waals surface area contributed by atoms with Gasteiger partial charge in [0.25, 0.3) is 0 Å². The third-order valence-corrected chi connectivity index (χ3v) is 3.48. The Balaban J connectivity index is 2.74. The Kier molecular flexibility index (Phi) is 6.34. The number of ether oxygens (including phenoxy) is 2. The van der Waals surface area contributed by atoms with Crippen LogP contribution in [0.15, 0.2) is 0 Å². The number of rotatable bonds is 7. The monoisotopic (exact) mass is 294 g/mol. The average Bonchev–Trinajstić information content (AvgIpc) is 2.70. The Bertz CT molecular complexity index is 393. The van der Waals surface area contributed by atoms with Gasteiger partial charge in [-0.3, -0.25) is 0 Å². The van der Waals surface area contributed by atoms with Gasteiger partial charge < -0.3 is 19.9 Å². The van der Waals surface area contributed by atoms with Gasteiger partial charge in [0.05, 0.1) is 19.8 Å². The number of halogens is 1. The lowest BCUT2D eigenvalue weighted by Gasteiger charge is -2.15. The molecule has 0 aliphatic rings. The number of carbonyl (C=O) groups is 1. The second-order valence-corrected chi connectivity index (χ2v) is 4.80. The average molecular weight is 295 g/mol. The van der Waals surface area contributed by atoms with Crippen LogP contribution in [0.3, 0.4) is 0 Å². The van der Waals surface area contributed by atoms with E-state index in [2.05, 4.69) is 15.0 Å². The lowest BCUT2D eigenvalue weighted by molar-refractivity contribution is 0.0606.